The van der Waals surface area contributed by atoms with Crippen LogP contribution in [0.1, 0.15) is 15.9 Å². The summed E-state index contributed by atoms with van der Waals surface area (Å²) in [6.07, 6.45) is -4.48. The minimum atomic E-state index is -4.48. The molecule has 2 aromatic carbocycles. The highest BCUT2D eigenvalue weighted by atomic mass is 35.5. The standard InChI is InChI=1S/C15H10ClF3O3/c1-21-14(20)9-3-2-4-11(7-9)22-13-6-5-10(8-12(13)16)15(17,18)19/h2-8H,1H3. The van der Waals surface area contributed by atoms with E-state index in [-0.39, 0.29) is 22.1 Å². The fourth-order valence-electron chi connectivity index (χ4n) is 1.69. The molecule has 0 aliphatic rings. The Bertz CT molecular complexity index is 699. The summed E-state index contributed by atoms with van der Waals surface area (Å²) in [7, 11) is 1.24. The lowest BCUT2D eigenvalue weighted by Crippen LogP contribution is -2.04. The van der Waals surface area contributed by atoms with Gasteiger partial charge in [0.1, 0.15) is 11.5 Å². The van der Waals surface area contributed by atoms with E-state index in [0.717, 1.165) is 18.2 Å². The Morgan fingerprint density at radius 2 is 1.86 bits per heavy atom. The molecule has 0 aliphatic carbocycles. The first kappa shape index (κ1) is 16.2. The molecule has 0 saturated carbocycles. The molecule has 7 heteroatoms. The van der Waals surface area contributed by atoms with Crippen molar-refractivity contribution >= 4 is 17.6 Å². The number of hydrogen-bond donors (Lipinski definition) is 0. The van der Waals surface area contributed by atoms with Crippen LogP contribution in [-0.2, 0) is 10.9 Å². The lowest BCUT2D eigenvalue weighted by Gasteiger charge is -2.11. The van der Waals surface area contributed by atoms with Gasteiger partial charge >= 0.3 is 12.1 Å². The van der Waals surface area contributed by atoms with Crippen molar-refractivity contribution in [1.29, 1.82) is 0 Å². The van der Waals surface area contributed by atoms with Crippen molar-refractivity contribution < 1.29 is 27.4 Å². The number of halogens is 4. The molecule has 0 atom stereocenters. The first-order valence-corrected chi connectivity index (χ1v) is 6.42. The van der Waals surface area contributed by atoms with Crippen LogP contribution in [0.15, 0.2) is 42.5 Å². The number of benzene rings is 2. The lowest BCUT2D eigenvalue weighted by atomic mass is 10.2. The highest BCUT2D eigenvalue weighted by molar-refractivity contribution is 6.32. The van der Waals surface area contributed by atoms with E-state index in [1.54, 1.807) is 12.1 Å². The Morgan fingerprint density at radius 1 is 1.14 bits per heavy atom. The molecule has 0 saturated heterocycles. The van der Waals surface area contributed by atoms with Gasteiger partial charge in [-0.2, -0.15) is 13.2 Å². The van der Waals surface area contributed by atoms with Crippen molar-refractivity contribution in [2.24, 2.45) is 0 Å². The van der Waals surface area contributed by atoms with Crippen LogP contribution in [0.2, 0.25) is 5.02 Å². The van der Waals surface area contributed by atoms with Crippen LogP contribution in [0.5, 0.6) is 11.5 Å². The van der Waals surface area contributed by atoms with Gasteiger partial charge < -0.3 is 9.47 Å². The predicted molar refractivity (Wildman–Crippen MR) is 74.3 cm³/mol. The van der Waals surface area contributed by atoms with Gasteiger partial charge in [-0.15, -0.1) is 0 Å². The second-order valence-corrected chi connectivity index (χ2v) is 4.67. The monoisotopic (exact) mass is 330 g/mol. The zero-order valence-electron chi connectivity index (χ0n) is 11.3. The largest absolute Gasteiger partial charge is 0.465 e. The quantitative estimate of drug-likeness (QED) is 0.748. The van der Waals surface area contributed by atoms with Crippen LogP contribution in [0, 0.1) is 0 Å². The van der Waals surface area contributed by atoms with Crippen LogP contribution in [0.25, 0.3) is 0 Å². The second kappa shape index (κ2) is 6.27. The summed E-state index contributed by atoms with van der Waals surface area (Å²) in [6.45, 7) is 0. The second-order valence-electron chi connectivity index (χ2n) is 4.26. The van der Waals surface area contributed by atoms with Gasteiger partial charge in [0, 0.05) is 0 Å². The molecular weight excluding hydrogens is 321 g/mol. The third-order valence-electron chi connectivity index (χ3n) is 2.74. The van der Waals surface area contributed by atoms with E-state index in [0.29, 0.717) is 0 Å². The van der Waals surface area contributed by atoms with E-state index in [1.807, 2.05) is 0 Å². The molecule has 0 radical (unpaired) electrons. The number of esters is 1. The summed E-state index contributed by atoms with van der Waals surface area (Å²) in [4.78, 5) is 11.4. The van der Waals surface area contributed by atoms with Gasteiger partial charge in [-0.25, -0.2) is 4.79 Å². The SMILES string of the molecule is COC(=O)c1cccc(Oc2ccc(C(F)(F)F)cc2Cl)c1. The van der Waals surface area contributed by atoms with Crippen molar-refractivity contribution in [2.45, 2.75) is 6.18 Å². The van der Waals surface area contributed by atoms with E-state index < -0.39 is 17.7 Å². The summed E-state index contributed by atoms with van der Waals surface area (Å²) in [5.41, 5.74) is -0.615. The van der Waals surface area contributed by atoms with Crippen LogP contribution in [-0.4, -0.2) is 13.1 Å². The van der Waals surface area contributed by atoms with E-state index in [9.17, 15) is 18.0 Å². The number of hydrogen-bond acceptors (Lipinski definition) is 3. The molecule has 22 heavy (non-hydrogen) atoms. The molecule has 0 N–H and O–H groups in total. The van der Waals surface area contributed by atoms with Gasteiger partial charge in [-0.1, -0.05) is 17.7 Å². The molecule has 0 spiro atoms. The third kappa shape index (κ3) is 3.71. The molecule has 0 heterocycles. The minimum Gasteiger partial charge on any atom is -0.465 e. The van der Waals surface area contributed by atoms with Crippen molar-refractivity contribution in [2.75, 3.05) is 7.11 Å². The van der Waals surface area contributed by atoms with Crippen molar-refractivity contribution in [3.8, 4) is 11.5 Å². The highest BCUT2D eigenvalue weighted by Crippen LogP contribution is 2.36. The molecule has 0 unspecified atom stereocenters. The topological polar surface area (TPSA) is 35.5 Å². The summed E-state index contributed by atoms with van der Waals surface area (Å²) in [6, 6.07) is 8.79. The first-order valence-electron chi connectivity index (χ1n) is 6.04. The fraction of sp³-hybridized carbons (Fsp3) is 0.133. The van der Waals surface area contributed by atoms with Crippen LogP contribution < -0.4 is 4.74 Å². The summed E-state index contributed by atoms with van der Waals surface area (Å²) >= 11 is 5.80. The van der Waals surface area contributed by atoms with Crippen molar-refractivity contribution in [3.05, 3.63) is 58.6 Å². The van der Waals surface area contributed by atoms with Crippen molar-refractivity contribution in [3.63, 3.8) is 0 Å². The fourth-order valence-corrected chi connectivity index (χ4v) is 1.91. The van der Waals surface area contributed by atoms with Gasteiger partial charge in [-0.05, 0) is 36.4 Å². The van der Waals surface area contributed by atoms with Gasteiger partial charge in [0.05, 0.1) is 23.3 Å². The number of alkyl halides is 3. The molecule has 0 bridgehead atoms. The smallest absolute Gasteiger partial charge is 0.416 e. The van der Waals surface area contributed by atoms with Gasteiger partial charge in [0.2, 0.25) is 0 Å². The van der Waals surface area contributed by atoms with Crippen molar-refractivity contribution in [1.82, 2.24) is 0 Å². The molecule has 0 aliphatic heterocycles. The Hall–Kier alpha value is -2.21. The minimum absolute atomic E-state index is 0.0525. The predicted octanol–water partition coefficient (Wildman–Crippen LogP) is 4.94. The van der Waals surface area contributed by atoms with E-state index >= 15 is 0 Å². The maximum Gasteiger partial charge on any atom is 0.416 e. The first-order chi connectivity index (χ1) is 10.3. The van der Waals surface area contributed by atoms with Gasteiger partial charge in [0.15, 0.2) is 0 Å². The Kier molecular flexibility index (Phi) is 4.61. The molecule has 0 fully saturated rings. The average Bonchev–Trinajstić information content (AvgIpc) is 2.47. The number of methoxy groups -OCH3 is 1. The Labute approximate surface area is 129 Å². The molecule has 2 rings (SSSR count). The van der Waals surface area contributed by atoms with Crippen LogP contribution in [0.3, 0.4) is 0 Å². The molecule has 116 valence electrons. The lowest BCUT2D eigenvalue weighted by molar-refractivity contribution is -0.137. The van der Waals surface area contributed by atoms with E-state index in [2.05, 4.69) is 4.74 Å². The Balaban J connectivity index is 2.26. The zero-order valence-corrected chi connectivity index (χ0v) is 12.0. The molecule has 0 aromatic heterocycles. The normalized spacial score (nSPS) is 11.1. The third-order valence-corrected chi connectivity index (χ3v) is 3.04. The summed E-state index contributed by atoms with van der Waals surface area (Å²) < 4.78 is 47.6. The maximum atomic E-state index is 12.6. The maximum absolute atomic E-state index is 12.6. The average molecular weight is 331 g/mol. The van der Waals surface area contributed by atoms with Gasteiger partial charge in [-0.3, -0.25) is 0 Å². The number of rotatable bonds is 3. The Morgan fingerprint density at radius 3 is 2.45 bits per heavy atom. The van der Waals surface area contributed by atoms with Crippen LogP contribution in [0.4, 0.5) is 13.2 Å². The zero-order chi connectivity index (χ0) is 16.3. The number of ether oxygens (including phenoxy) is 2. The highest BCUT2D eigenvalue weighted by Gasteiger charge is 2.31. The van der Waals surface area contributed by atoms with Gasteiger partial charge in [0.25, 0.3) is 0 Å². The molecule has 3 nitrogen and oxygen atoms in total. The summed E-state index contributed by atoms with van der Waals surface area (Å²) in [5.74, 6) is -0.245. The number of carbonyl (C=O) groups excluding carboxylic acids is 1. The molecule has 0 amide bonds. The van der Waals surface area contributed by atoms with E-state index in [1.165, 1.54) is 19.2 Å². The molecular formula is C15H10ClF3O3. The number of carbonyl (C=O) groups is 1. The molecule has 2 aromatic rings. The van der Waals surface area contributed by atoms with Crippen LogP contribution >= 0.6 is 11.6 Å². The summed E-state index contributed by atoms with van der Waals surface area (Å²) in [5, 5.41) is -0.182. The van der Waals surface area contributed by atoms with E-state index in [4.69, 9.17) is 16.3 Å².